The van der Waals surface area contributed by atoms with Gasteiger partial charge in [-0.05, 0) is 30.2 Å². The number of aliphatic hydroxyl groups is 1. The molecule has 3 aromatic rings. The summed E-state index contributed by atoms with van der Waals surface area (Å²) in [6.07, 6.45) is 0. The number of aromatic nitrogens is 3. The van der Waals surface area contributed by atoms with Gasteiger partial charge in [0.2, 0.25) is 0 Å². The Morgan fingerprint density at radius 1 is 1.14 bits per heavy atom. The van der Waals surface area contributed by atoms with E-state index in [0.717, 1.165) is 11.1 Å². The molecule has 3 rings (SSSR count). The topological polar surface area (TPSA) is 50.9 Å². The van der Waals surface area contributed by atoms with Crippen molar-refractivity contribution in [2.45, 2.75) is 20.1 Å². The van der Waals surface area contributed by atoms with Crippen LogP contribution in [0.15, 0.2) is 48.5 Å². The van der Waals surface area contributed by atoms with Gasteiger partial charge in [-0.25, -0.2) is 9.07 Å². The van der Waals surface area contributed by atoms with Crippen molar-refractivity contribution in [3.8, 4) is 11.3 Å². The zero-order valence-corrected chi connectivity index (χ0v) is 12.2. The standard InChI is InChI=1S/C17H16FN3O/c1-12-5-2-3-6-14(12)10-21-17(16(11-22)19-20-21)13-7-4-8-15(18)9-13/h2-9,22H,10-11H2,1H3. The number of hydrogen-bond donors (Lipinski definition) is 1. The number of hydrogen-bond acceptors (Lipinski definition) is 3. The number of nitrogens with zero attached hydrogens (tertiary/aromatic N) is 3. The van der Waals surface area contributed by atoms with Crippen LogP contribution in [0.4, 0.5) is 4.39 Å². The number of rotatable bonds is 4. The molecule has 0 aliphatic carbocycles. The maximum absolute atomic E-state index is 13.5. The van der Waals surface area contributed by atoms with E-state index in [9.17, 15) is 9.50 Å². The SMILES string of the molecule is Cc1ccccc1Cn1nnc(CO)c1-c1cccc(F)c1. The van der Waals surface area contributed by atoms with Crippen molar-refractivity contribution < 1.29 is 9.50 Å². The third-order valence-electron chi connectivity index (χ3n) is 3.63. The maximum atomic E-state index is 13.5. The summed E-state index contributed by atoms with van der Waals surface area (Å²) in [7, 11) is 0. The van der Waals surface area contributed by atoms with Crippen LogP contribution >= 0.6 is 0 Å². The fourth-order valence-electron chi connectivity index (χ4n) is 2.47. The van der Waals surface area contributed by atoms with Gasteiger partial charge in [-0.2, -0.15) is 0 Å². The molecule has 5 heteroatoms. The summed E-state index contributed by atoms with van der Waals surface area (Å²) < 4.78 is 15.2. The summed E-state index contributed by atoms with van der Waals surface area (Å²) in [6.45, 7) is 2.31. The lowest BCUT2D eigenvalue weighted by molar-refractivity contribution is 0.277. The van der Waals surface area contributed by atoms with E-state index in [1.165, 1.54) is 12.1 Å². The van der Waals surface area contributed by atoms with Crippen molar-refractivity contribution in [2.75, 3.05) is 0 Å². The molecule has 0 fully saturated rings. The van der Waals surface area contributed by atoms with Gasteiger partial charge in [-0.3, -0.25) is 0 Å². The first kappa shape index (κ1) is 14.4. The maximum Gasteiger partial charge on any atom is 0.123 e. The fraction of sp³-hybridized carbons (Fsp3) is 0.176. The van der Waals surface area contributed by atoms with Crippen molar-refractivity contribution in [2.24, 2.45) is 0 Å². The summed E-state index contributed by atoms with van der Waals surface area (Å²) in [5.41, 5.74) is 4.00. The molecule has 0 unspecified atom stereocenters. The normalized spacial score (nSPS) is 10.9. The largest absolute Gasteiger partial charge is 0.390 e. The van der Waals surface area contributed by atoms with Crippen LogP contribution in [0.5, 0.6) is 0 Å². The second-order valence-electron chi connectivity index (χ2n) is 5.14. The molecule has 0 atom stereocenters. The molecule has 4 nitrogen and oxygen atoms in total. The average Bonchev–Trinajstić information content (AvgIpc) is 2.92. The molecular weight excluding hydrogens is 281 g/mol. The highest BCUT2D eigenvalue weighted by molar-refractivity contribution is 5.62. The first-order chi connectivity index (χ1) is 10.7. The fourth-order valence-corrected chi connectivity index (χ4v) is 2.47. The van der Waals surface area contributed by atoms with Crippen molar-refractivity contribution in [1.82, 2.24) is 15.0 Å². The number of aryl methyl sites for hydroxylation is 1. The van der Waals surface area contributed by atoms with Gasteiger partial charge < -0.3 is 5.11 Å². The molecule has 1 N–H and O–H groups in total. The minimum absolute atomic E-state index is 0.236. The minimum Gasteiger partial charge on any atom is -0.390 e. The molecule has 0 bridgehead atoms. The van der Waals surface area contributed by atoms with Crippen LogP contribution in [0.3, 0.4) is 0 Å². The van der Waals surface area contributed by atoms with E-state index in [4.69, 9.17) is 0 Å². The third kappa shape index (κ3) is 2.76. The first-order valence-corrected chi connectivity index (χ1v) is 7.02. The van der Waals surface area contributed by atoms with E-state index in [1.54, 1.807) is 16.8 Å². The minimum atomic E-state index is -0.329. The molecule has 0 amide bonds. The summed E-state index contributed by atoms with van der Waals surface area (Å²) in [5.74, 6) is -0.329. The van der Waals surface area contributed by atoms with E-state index in [1.807, 2.05) is 31.2 Å². The highest BCUT2D eigenvalue weighted by atomic mass is 19.1. The van der Waals surface area contributed by atoms with Crippen LogP contribution in [0.2, 0.25) is 0 Å². The predicted molar refractivity (Wildman–Crippen MR) is 81.6 cm³/mol. The van der Waals surface area contributed by atoms with E-state index < -0.39 is 0 Å². The molecule has 0 saturated carbocycles. The number of aliphatic hydroxyl groups excluding tert-OH is 1. The van der Waals surface area contributed by atoms with E-state index >= 15 is 0 Å². The lowest BCUT2D eigenvalue weighted by Gasteiger charge is -2.10. The summed E-state index contributed by atoms with van der Waals surface area (Å²) >= 11 is 0. The molecule has 0 aliphatic rings. The van der Waals surface area contributed by atoms with Crippen molar-refractivity contribution >= 4 is 0 Å². The molecule has 112 valence electrons. The van der Waals surface area contributed by atoms with Gasteiger partial charge in [0.05, 0.1) is 18.8 Å². The molecule has 2 aromatic carbocycles. The van der Waals surface area contributed by atoms with Crippen LogP contribution in [-0.4, -0.2) is 20.1 Å². The Morgan fingerprint density at radius 3 is 2.68 bits per heavy atom. The zero-order valence-electron chi connectivity index (χ0n) is 12.2. The van der Waals surface area contributed by atoms with Gasteiger partial charge >= 0.3 is 0 Å². The molecule has 0 aliphatic heterocycles. The zero-order chi connectivity index (χ0) is 15.5. The molecule has 0 radical (unpaired) electrons. The van der Waals surface area contributed by atoms with Crippen molar-refractivity contribution in [1.29, 1.82) is 0 Å². The summed E-state index contributed by atoms with van der Waals surface area (Å²) in [5, 5.41) is 17.6. The van der Waals surface area contributed by atoms with Gasteiger partial charge in [0.25, 0.3) is 0 Å². The number of benzene rings is 2. The average molecular weight is 297 g/mol. The quantitative estimate of drug-likeness (QED) is 0.805. The van der Waals surface area contributed by atoms with Crippen LogP contribution in [0.25, 0.3) is 11.3 Å². The molecule has 0 saturated heterocycles. The number of halogens is 1. The lowest BCUT2D eigenvalue weighted by Crippen LogP contribution is -2.06. The monoisotopic (exact) mass is 297 g/mol. The van der Waals surface area contributed by atoms with Crippen LogP contribution < -0.4 is 0 Å². The second-order valence-corrected chi connectivity index (χ2v) is 5.14. The van der Waals surface area contributed by atoms with Gasteiger partial charge in [0.1, 0.15) is 11.5 Å². The Hall–Kier alpha value is -2.53. The van der Waals surface area contributed by atoms with E-state index in [0.29, 0.717) is 23.5 Å². The Balaban J connectivity index is 2.06. The lowest BCUT2D eigenvalue weighted by atomic mass is 10.1. The Morgan fingerprint density at radius 2 is 1.95 bits per heavy atom. The van der Waals surface area contributed by atoms with Gasteiger partial charge in [-0.15, -0.1) is 5.10 Å². The Bertz CT molecular complexity index is 798. The highest BCUT2D eigenvalue weighted by Crippen LogP contribution is 2.24. The van der Waals surface area contributed by atoms with Crippen LogP contribution in [0.1, 0.15) is 16.8 Å². The molecular formula is C17H16FN3O. The van der Waals surface area contributed by atoms with Gasteiger partial charge in [0.15, 0.2) is 0 Å². The van der Waals surface area contributed by atoms with Crippen LogP contribution in [0, 0.1) is 12.7 Å². The summed E-state index contributed by atoms with van der Waals surface area (Å²) in [4.78, 5) is 0. The molecule has 1 aromatic heterocycles. The van der Waals surface area contributed by atoms with E-state index in [-0.39, 0.29) is 12.4 Å². The molecule has 22 heavy (non-hydrogen) atoms. The van der Waals surface area contributed by atoms with E-state index in [2.05, 4.69) is 10.3 Å². The van der Waals surface area contributed by atoms with Crippen molar-refractivity contribution in [3.63, 3.8) is 0 Å². The Labute approximate surface area is 127 Å². The van der Waals surface area contributed by atoms with Crippen molar-refractivity contribution in [3.05, 3.63) is 71.2 Å². The smallest absolute Gasteiger partial charge is 0.123 e. The molecule has 0 spiro atoms. The first-order valence-electron chi connectivity index (χ1n) is 7.02. The van der Waals surface area contributed by atoms with Crippen LogP contribution in [-0.2, 0) is 13.2 Å². The predicted octanol–water partition coefficient (Wildman–Crippen LogP) is 2.93. The third-order valence-corrected chi connectivity index (χ3v) is 3.63. The van der Waals surface area contributed by atoms with Gasteiger partial charge in [-0.1, -0.05) is 41.6 Å². The van der Waals surface area contributed by atoms with Gasteiger partial charge in [0, 0.05) is 5.56 Å². The summed E-state index contributed by atoms with van der Waals surface area (Å²) in [6, 6.07) is 14.2. The Kier molecular flexibility index (Phi) is 3.98. The highest BCUT2D eigenvalue weighted by Gasteiger charge is 2.15. The second kappa shape index (κ2) is 6.07. The molecule has 1 heterocycles.